The van der Waals surface area contributed by atoms with E-state index in [1.165, 1.54) is 6.07 Å². The van der Waals surface area contributed by atoms with Crippen LogP contribution in [0.3, 0.4) is 0 Å². The maximum absolute atomic E-state index is 11.0. The van der Waals surface area contributed by atoms with Crippen molar-refractivity contribution in [2.45, 2.75) is 19.8 Å². The molecule has 14 heavy (non-hydrogen) atoms. The van der Waals surface area contributed by atoms with Crippen molar-refractivity contribution >= 4 is 5.95 Å². The highest BCUT2D eigenvalue weighted by molar-refractivity contribution is 5.22. The smallest absolute Gasteiger partial charge is 0.265 e. The van der Waals surface area contributed by atoms with Crippen molar-refractivity contribution in [2.24, 2.45) is 0 Å². The van der Waals surface area contributed by atoms with Gasteiger partial charge in [-0.2, -0.15) is 0 Å². The predicted molar refractivity (Wildman–Crippen MR) is 49.6 cm³/mol. The fourth-order valence-corrected chi connectivity index (χ4v) is 0.912. The Morgan fingerprint density at radius 3 is 2.79 bits per heavy atom. The molecule has 2 N–H and O–H groups in total. The van der Waals surface area contributed by atoms with Gasteiger partial charge in [0.05, 0.1) is 5.69 Å². The van der Waals surface area contributed by atoms with Gasteiger partial charge in [0, 0.05) is 6.07 Å². The molecule has 0 unspecified atom stereocenters. The van der Waals surface area contributed by atoms with E-state index in [0.29, 0.717) is 5.69 Å². The predicted octanol–water partition coefficient (Wildman–Crippen LogP) is 0.497. The van der Waals surface area contributed by atoms with E-state index < -0.39 is 10.6 Å². The first kappa shape index (κ1) is 10.2. The van der Waals surface area contributed by atoms with Crippen molar-refractivity contribution in [3.05, 3.63) is 32.2 Å². The lowest BCUT2D eigenvalue weighted by Gasteiger charge is -2.03. The number of rotatable bonds is 3. The van der Waals surface area contributed by atoms with E-state index in [2.05, 4.69) is 9.97 Å². The first-order valence-corrected chi connectivity index (χ1v) is 4.01. The zero-order valence-corrected chi connectivity index (χ0v) is 7.77. The van der Waals surface area contributed by atoms with Crippen LogP contribution in [0.2, 0.25) is 0 Å². The highest BCUT2D eigenvalue weighted by atomic mass is 16.7. The maximum Gasteiger partial charge on any atom is 0.265 e. The van der Waals surface area contributed by atoms with E-state index in [1.807, 2.05) is 13.8 Å². The minimum absolute atomic E-state index is 0.0459. The summed E-state index contributed by atoms with van der Waals surface area (Å²) in [5.41, 5.74) is 1.90. The second-order valence-electron chi connectivity index (χ2n) is 3.04. The highest BCUT2D eigenvalue weighted by Crippen LogP contribution is 2.09. The van der Waals surface area contributed by atoms with E-state index >= 15 is 0 Å². The summed E-state index contributed by atoms with van der Waals surface area (Å²) in [5, 5.41) is 9.32. The number of aromatic nitrogens is 2. The lowest BCUT2D eigenvalue weighted by molar-refractivity contribution is -0.446. The number of nitro groups is 1. The third kappa shape index (κ3) is 2.54. The van der Waals surface area contributed by atoms with E-state index in [1.54, 1.807) is 5.43 Å². The van der Waals surface area contributed by atoms with Gasteiger partial charge >= 0.3 is 0 Å². The Morgan fingerprint density at radius 2 is 2.29 bits per heavy atom. The van der Waals surface area contributed by atoms with Crippen LogP contribution in [0.1, 0.15) is 25.5 Å². The van der Waals surface area contributed by atoms with Gasteiger partial charge in [0.1, 0.15) is 0 Å². The lowest BCUT2D eigenvalue weighted by Crippen LogP contribution is -2.17. The zero-order chi connectivity index (χ0) is 10.7. The summed E-state index contributed by atoms with van der Waals surface area (Å²) >= 11 is 0. The largest absolute Gasteiger partial charge is 0.288 e. The highest BCUT2D eigenvalue weighted by Gasteiger charge is 2.07. The first-order chi connectivity index (χ1) is 6.49. The van der Waals surface area contributed by atoms with Crippen molar-refractivity contribution in [1.29, 1.82) is 0 Å². The molecular weight excluding hydrogens is 188 g/mol. The van der Waals surface area contributed by atoms with Gasteiger partial charge in [-0.1, -0.05) is 19.3 Å². The summed E-state index contributed by atoms with van der Waals surface area (Å²) in [6, 6.07) is 1.32. The Kier molecular flexibility index (Phi) is 2.80. The molecule has 0 saturated carbocycles. The maximum atomic E-state index is 11.0. The van der Waals surface area contributed by atoms with Gasteiger partial charge in [0.25, 0.3) is 11.5 Å². The van der Waals surface area contributed by atoms with Crippen LogP contribution in [-0.4, -0.2) is 15.0 Å². The first-order valence-electron chi connectivity index (χ1n) is 4.01. The number of hydrazine groups is 1. The van der Waals surface area contributed by atoms with Crippen LogP contribution in [-0.2, 0) is 0 Å². The van der Waals surface area contributed by atoms with Crippen molar-refractivity contribution in [3.8, 4) is 0 Å². The van der Waals surface area contributed by atoms with Crippen molar-refractivity contribution < 1.29 is 5.03 Å². The molecule has 0 radical (unpaired) electrons. The summed E-state index contributed by atoms with van der Waals surface area (Å²) in [4.78, 5) is 27.2. The van der Waals surface area contributed by atoms with Crippen molar-refractivity contribution in [2.75, 3.05) is 5.43 Å². The molecule has 76 valence electrons. The molecule has 1 heterocycles. The summed E-state index contributed by atoms with van der Waals surface area (Å²) in [7, 11) is 0. The average Bonchev–Trinajstić information content (AvgIpc) is 2.01. The van der Waals surface area contributed by atoms with Gasteiger partial charge in [0.15, 0.2) is 5.03 Å². The Labute approximate surface area is 79.3 Å². The topological polar surface area (TPSA) is 101 Å². The lowest BCUT2D eigenvalue weighted by atomic mass is 10.1. The Balaban J connectivity index is 3.07. The molecule has 0 spiro atoms. The van der Waals surface area contributed by atoms with Gasteiger partial charge in [-0.05, 0) is 5.92 Å². The van der Waals surface area contributed by atoms with E-state index in [9.17, 15) is 14.9 Å². The number of anilines is 1. The molecule has 1 rings (SSSR count). The van der Waals surface area contributed by atoms with Crippen LogP contribution in [0.5, 0.6) is 0 Å². The number of nitrogens with zero attached hydrogens (tertiary/aromatic N) is 2. The summed E-state index contributed by atoms with van der Waals surface area (Å²) < 4.78 is 0. The second-order valence-corrected chi connectivity index (χ2v) is 3.04. The van der Waals surface area contributed by atoms with Gasteiger partial charge in [-0.3, -0.25) is 9.78 Å². The van der Waals surface area contributed by atoms with Gasteiger partial charge in [-0.25, -0.2) is 15.1 Å². The summed E-state index contributed by atoms with van der Waals surface area (Å²) in [6.07, 6.45) is 0. The van der Waals surface area contributed by atoms with Crippen LogP contribution in [0.25, 0.3) is 0 Å². The standard InChI is InChI=1S/C7H10N4O3/c1-4(2)5-3-6(12)9-7(8-5)10-11(13)14/h3-4H,1-2H3,(H2,8,9,10,12). The SMILES string of the molecule is CC(C)c1cc(=O)[nH]c(N[N+](=O)[O-])n1. The molecule has 0 saturated heterocycles. The van der Waals surface area contributed by atoms with Gasteiger partial charge < -0.3 is 0 Å². The third-order valence-corrected chi connectivity index (χ3v) is 1.55. The molecule has 1 aromatic rings. The molecule has 0 aliphatic carbocycles. The number of H-pyrrole nitrogens is 1. The number of hydrogen-bond acceptors (Lipinski definition) is 4. The monoisotopic (exact) mass is 198 g/mol. The quantitative estimate of drug-likeness (QED) is 0.543. The van der Waals surface area contributed by atoms with E-state index in [0.717, 1.165) is 0 Å². The summed E-state index contributed by atoms with van der Waals surface area (Å²) in [6.45, 7) is 3.69. The molecule has 0 bridgehead atoms. The van der Waals surface area contributed by atoms with Crippen LogP contribution in [0.4, 0.5) is 5.95 Å². The fourth-order valence-electron chi connectivity index (χ4n) is 0.912. The fraction of sp³-hybridized carbons (Fsp3) is 0.429. The summed E-state index contributed by atoms with van der Waals surface area (Å²) in [5.74, 6) is -0.101. The van der Waals surface area contributed by atoms with Gasteiger partial charge in [-0.15, -0.1) is 0 Å². The Morgan fingerprint density at radius 1 is 1.64 bits per heavy atom. The van der Waals surface area contributed by atoms with Crippen molar-refractivity contribution in [3.63, 3.8) is 0 Å². The molecule has 0 aliphatic heterocycles. The van der Waals surface area contributed by atoms with Crippen molar-refractivity contribution in [1.82, 2.24) is 9.97 Å². The van der Waals surface area contributed by atoms with E-state index in [4.69, 9.17) is 0 Å². The molecule has 0 aliphatic rings. The second kappa shape index (κ2) is 3.86. The molecule has 0 atom stereocenters. The van der Waals surface area contributed by atoms with Crippen LogP contribution in [0.15, 0.2) is 10.9 Å². The number of nitrogens with one attached hydrogen (secondary N) is 2. The molecule has 1 aromatic heterocycles. The normalized spacial score (nSPS) is 10.2. The average molecular weight is 198 g/mol. The van der Waals surface area contributed by atoms with Crippen LogP contribution in [0, 0.1) is 10.1 Å². The number of hydrogen-bond donors (Lipinski definition) is 2. The molecule has 7 nitrogen and oxygen atoms in total. The van der Waals surface area contributed by atoms with E-state index in [-0.39, 0.29) is 11.9 Å². The Bertz CT molecular complexity index is 398. The number of aromatic amines is 1. The Hall–Kier alpha value is -1.92. The van der Waals surface area contributed by atoms with Crippen LogP contribution < -0.4 is 11.0 Å². The third-order valence-electron chi connectivity index (χ3n) is 1.55. The molecule has 0 fully saturated rings. The minimum atomic E-state index is -0.775. The zero-order valence-electron chi connectivity index (χ0n) is 7.77. The minimum Gasteiger partial charge on any atom is -0.288 e. The molecular formula is C7H10N4O3. The molecule has 0 aromatic carbocycles. The molecule has 7 heteroatoms. The van der Waals surface area contributed by atoms with Gasteiger partial charge in [0.2, 0.25) is 0 Å². The molecule has 0 amide bonds. The van der Waals surface area contributed by atoms with Crippen LogP contribution >= 0.6 is 0 Å².